The van der Waals surface area contributed by atoms with Crippen LogP contribution in [0.3, 0.4) is 0 Å². The van der Waals surface area contributed by atoms with E-state index in [1.165, 1.54) is 11.8 Å². The number of anilines is 1. The van der Waals surface area contributed by atoms with E-state index in [1.807, 2.05) is 38.1 Å². The van der Waals surface area contributed by atoms with Gasteiger partial charge in [0.2, 0.25) is 5.91 Å². The van der Waals surface area contributed by atoms with Crippen LogP contribution >= 0.6 is 11.8 Å². The molecule has 0 bridgehead atoms. The topological polar surface area (TPSA) is 78.7 Å². The van der Waals surface area contributed by atoms with Gasteiger partial charge in [-0.15, -0.1) is 0 Å². The first kappa shape index (κ1) is 19.9. The molecule has 6 heteroatoms. The zero-order chi connectivity index (χ0) is 19.3. The van der Waals surface area contributed by atoms with Crippen LogP contribution in [0.1, 0.15) is 56.3 Å². The van der Waals surface area contributed by atoms with Crippen molar-refractivity contribution in [2.45, 2.75) is 57.2 Å². The normalized spacial score (nSPS) is 11.9. The van der Waals surface area contributed by atoms with Crippen LogP contribution in [0.2, 0.25) is 0 Å². The third kappa shape index (κ3) is 4.61. The predicted octanol–water partition coefficient (Wildman–Crippen LogP) is 4.46. The average molecular weight is 369 g/mol. The minimum atomic E-state index is -0.388. The Balaban J connectivity index is 2.21. The molecule has 0 spiro atoms. The summed E-state index contributed by atoms with van der Waals surface area (Å²) in [6.45, 7) is 9.78. The zero-order valence-electron chi connectivity index (χ0n) is 15.8. The van der Waals surface area contributed by atoms with E-state index in [2.05, 4.69) is 35.2 Å². The lowest BCUT2D eigenvalue weighted by Gasteiger charge is -2.17. The van der Waals surface area contributed by atoms with Crippen LogP contribution in [0, 0.1) is 18.3 Å². The molecule has 0 saturated heterocycles. The van der Waals surface area contributed by atoms with E-state index in [1.54, 1.807) is 6.92 Å². The molecule has 0 fully saturated rings. The molecule has 1 heterocycles. The molecule has 2 rings (SSSR count). The van der Waals surface area contributed by atoms with Gasteiger partial charge in [0.1, 0.15) is 22.5 Å². The van der Waals surface area contributed by atoms with E-state index in [9.17, 15) is 10.1 Å². The van der Waals surface area contributed by atoms with E-state index in [4.69, 9.17) is 0 Å². The van der Waals surface area contributed by atoms with Gasteiger partial charge < -0.3 is 5.32 Å². The summed E-state index contributed by atoms with van der Waals surface area (Å²) in [5.41, 5.74) is 3.02. The van der Waals surface area contributed by atoms with Crippen LogP contribution in [0.5, 0.6) is 0 Å². The zero-order valence-corrected chi connectivity index (χ0v) is 16.6. The molecule has 1 amide bonds. The Hall–Kier alpha value is -2.39. The molecule has 0 aliphatic heterocycles. The standard InChI is InChI=1S/C20H24N4OS/c1-6-18-22-13(4)16(11-21)20(24-18)26-14(5)19(25)23-17-10-8-7-9-15(17)12(2)3/h7-10,12,14H,6H2,1-5H3,(H,23,25). The monoisotopic (exact) mass is 368 g/mol. The number of rotatable bonds is 6. The van der Waals surface area contributed by atoms with E-state index in [0.29, 0.717) is 34.4 Å². The molecule has 0 radical (unpaired) electrons. The second-order valence-corrected chi connectivity index (χ2v) is 7.69. The van der Waals surface area contributed by atoms with Crippen molar-refractivity contribution < 1.29 is 4.79 Å². The van der Waals surface area contributed by atoms with Crippen LogP contribution in [0.25, 0.3) is 0 Å². The van der Waals surface area contributed by atoms with Gasteiger partial charge in [-0.1, -0.05) is 50.7 Å². The second-order valence-electron chi connectivity index (χ2n) is 6.36. The Morgan fingerprint density at radius 1 is 1.27 bits per heavy atom. The molecule has 26 heavy (non-hydrogen) atoms. The summed E-state index contributed by atoms with van der Waals surface area (Å²) < 4.78 is 0. The van der Waals surface area contributed by atoms with Crippen molar-refractivity contribution in [1.29, 1.82) is 5.26 Å². The van der Waals surface area contributed by atoms with Gasteiger partial charge >= 0.3 is 0 Å². The van der Waals surface area contributed by atoms with E-state index < -0.39 is 0 Å². The summed E-state index contributed by atoms with van der Waals surface area (Å²) in [6, 6.07) is 9.97. The first-order valence-electron chi connectivity index (χ1n) is 8.71. The lowest BCUT2D eigenvalue weighted by Crippen LogP contribution is -2.23. The van der Waals surface area contributed by atoms with Crippen LogP contribution in [-0.2, 0) is 11.2 Å². The predicted molar refractivity (Wildman–Crippen MR) is 105 cm³/mol. The number of carbonyl (C=O) groups excluding carboxylic acids is 1. The number of para-hydroxylation sites is 1. The van der Waals surface area contributed by atoms with Crippen molar-refractivity contribution in [3.05, 3.63) is 46.9 Å². The van der Waals surface area contributed by atoms with Crippen molar-refractivity contribution in [1.82, 2.24) is 9.97 Å². The van der Waals surface area contributed by atoms with Gasteiger partial charge in [-0.25, -0.2) is 9.97 Å². The molecule has 0 saturated carbocycles. The highest BCUT2D eigenvalue weighted by Gasteiger charge is 2.20. The summed E-state index contributed by atoms with van der Waals surface area (Å²) in [5, 5.41) is 12.6. The second kappa shape index (κ2) is 8.81. The number of amides is 1. The van der Waals surface area contributed by atoms with Gasteiger partial charge in [-0.3, -0.25) is 4.79 Å². The molecular formula is C20H24N4OS. The van der Waals surface area contributed by atoms with Crippen LogP contribution in [0.15, 0.2) is 29.3 Å². The third-order valence-electron chi connectivity index (χ3n) is 4.03. The molecule has 5 nitrogen and oxygen atoms in total. The van der Waals surface area contributed by atoms with Crippen LogP contribution in [0.4, 0.5) is 5.69 Å². The number of carbonyl (C=O) groups is 1. The van der Waals surface area contributed by atoms with Gasteiger partial charge in [0.15, 0.2) is 0 Å². The van der Waals surface area contributed by atoms with Gasteiger partial charge in [-0.2, -0.15) is 5.26 Å². The maximum Gasteiger partial charge on any atom is 0.237 e. The summed E-state index contributed by atoms with van der Waals surface area (Å²) in [4.78, 5) is 21.4. The van der Waals surface area contributed by atoms with Gasteiger partial charge in [-0.05, 0) is 31.4 Å². The molecule has 136 valence electrons. The van der Waals surface area contributed by atoms with Gasteiger partial charge in [0.25, 0.3) is 0 Å². The number of benzene rings is 1. The van der Waals surface area contributed by atoms with Crippen LogP contribution in [-0.4, -0.2) is 21.1 Å². The van der Waals surface area contributed by atoms with Gasteiger partial charge in [0.05, 0.1) is 10.9 Å². The maximum atomic E-state index is 12.7. The first-order chi connectivity index (χ1) is 12.4. The van der Waals surface area contributed by atoms with E-state index in [-0.39, 0.29) is 11.2 Å². The number of nitrogens with zero attached hydrogens (tertiary/aromatic N) is 3. The SMILES string of the molecule is CCc1nc(C)c(C#N)c(SC(C)C(=O)Nc2ccccc2C(C)C)n1. The quantitative estimate of drug-likeness (QED) is 0.601. The number of nitrogens with one attached hydrogen (secondary N) is 1. The summed E-state index contributed by atoms with van der Waals surface area (Å²) >= 11 is 1.29. The molecule has 1 unspecified atom stereocenters. The number of hydrogen-bond acceptors (Lipinski definition) is 5. The number of aryl methyl sites for hydroxylation is 2. The van der Waals surface area contributed by atoms with Gasteiger partial charge in [0, 0.05) is 12.1 Å². The lowest BCUT2D eigenvalue weighted by atomic mass is 10.0. The highest BCUT2D eigenvalue weighted by atomic mass is 32.2. The minimum Gasteiger partial charge on any atom is -0.325 e. The molecule has 0 aliphatic carbocycles. The summed E-state index contributed by atoms with van der Waals surface area (Å²) in [6.07, 6.45) is 0.683. The van der Waals surface area contributed by atoms with Crippen molar-refractivity contribution in [3.63, 3.8) is 0 Å². The number of hydrogen-bond donors (Lipinski definition) is 1. The fourth-order valence-electron chi connectivity index (χ4n) is 2.54. The van der Waals surface area contributed by atoms with Crippen molar-refractivity contribution in [3.8, 4) is 6.07 Å². The molecule has 1 atom stereocenters. The summed E-state index contributed by atoms with van der Waals surface area (Å²) in [5.74, 6) is 0.888. The number of aromatic nitrogens is 2. The van der Waals surface area contributed by atoms with Crippen molar-refractivity contribution in [2.24, 2.45) is 0 Å². The Morgan fingerprint density at radius 3 is 2.58 bits per heavy atom. The maximum absolute atomic E-state index is 12.7. The van der Waals surface area contributed by atoms with E-state index >= 15 is 0 Å². The van der Waals surface area contributed by atoms with Crippen LogP contribution < -0.4 is 5.32 Å². The molecule has 0 aliphatic rings. The molecule has 1 aromatic carbocycles. The fourth-order valence-corrected chi connectivity index (χ4v) is 3.51. The molecule has 2 aromatic rings. The highest BCUT2D eigenvalue weighted by molar-refractivity contribution is 8.00. The lowest BCUT2D eigenvalue weighted by molar-refractivity contribution is -0.115. The third-order valence-corrected chi connectivity index (χ3v) is 5.12. The number of thioether (sulfide) groups is 1. The highest BCUT2D eigenvalue weighted by Crippen LogP contribution is 2.29. The Bertz CT molecular complexity index is 842. The minimum absolute atomic E-state index is 0.110. The molecule has 1 N–H and O–H groups in total. The summed E-state index contributed by atoms with van der Waals surface area (Å²) in [7, 11) is 0. The molecule has 1 aromatic heterocycles. The van der Waals surface area contributed by atoms with E-state index in [0.717, 1.165) is 11.3 Å². The molecular weight excluding hydrogens is 344 g/mol. The smallest absolute Gasteiger partial charge is 0.237 e. The van der Waals surface area contributed by atoms with Crippen molar-refractivity contribution >= 4 is 23.4 Å². The first-order valence-corrected chi connectivity index (χ1v) is 9.59. The number of nitriles is 1. The average Bonchev–Trinajstić information content (AvgIpc) is 2.61. The Kier molecular flexibility index (Phi) is 6.76. The Morgan fingerprint density at radius 2 is 1.96 bits per heavy atom. The fraction of sp³-hybridized carbons (Fsp3) is 0.400. The largest absolute Gasteiger partial charge is 0.325 e. The Labute approximate surface area is 159 Å². The van der Waals surface area contributed by atoms with Crippen molar-refractivity contribution in [2.75, 3.05) is 5.32 Å².